The number of ketones is 1. The van der Waals surface area contributed by atoms with Gasteiger partial charge in [-0.1, -0.05) is 23.2 Å². The van der Waals surface area contributed by atoms with Crippen LogP contribution in [0.4, 0.5) is 0 Å². The lowest BCUT2D eigenvalue weighted by atomic mass is 10.1. The highest BCUT2D eigenvalue weighted by molar-refractivity contribution is 6.35. The minimum atomic E-state index is -0.114. The number of pyridine rings is 1. The highest BCUT2D eigenvalue weighted by Gasteiger charge is 2.15. The van der Waals surface area contributed by atoms with Crippen molar-refractivity contribution in [1.82, 2.24) is 4.98 Å². The molecule has 70 valence electrons. The Kier molecular flexibility index (Phi) is 2.94. The Morgan fingerprint density at radius 1 is 1.31 bits per heavy atom. The molecule has 0 aromatic carbocycles. The second-order valence-corrected chi connectivity index (χ2v) is 3.59. The molecular weight excluding hydrogens is 209 g/mol. The van der Waals surface area contributed by atoms with E-state index in [0.717, 1.165) is 0 Å². The van der Waals surface area contributed by atoms with Crippen LogP contribution in [0.5, 0.6) is 0 Å². The summed E-state index contributed by atoms with van der Waals surface area (Å²) in [5.74, 6) is -0.114. The van der Waals surface area contributed by atoms with Gasteiger partial charge < -0.3 is 0 Å². The third-order valence-electron chi connectivity index (χ3n) is 1.85. The van der Waals surface area contributed by atoms with Crippen LogP contribution >= 0.6 is 23.2 Å². The van der Waals surface area contributed by atoms with Gasteiger partial charge in [-0.2, -0.15) is 0 Å². The third kappa shape index (κ3) is 1.84. The van der Waals surface area contributed by atoms with Gasteiger partial charge in [0.05, 0.1) is 16.3 Å². The van der Waals surface area contributed by atoms with Crippen molar-refractivity contribution in [3.63, 3.8) is 0 Å². The lowest BCUT2D eigenvalue weighted by molar-refractivity contribution is 0.101. The van der Waals surface area contributed by atoms with Crippen LogP contribution in [0.25, 0.3) is 0 Å². The summed E-state index contributed by atoms with van der Waals surface area (Å²) in [6.07, 6.45) is 0. The number of hydrogen-bond donors (Lipinski definition) is 0. The van der Waals surface area contributed by atoms with E-state index < -0.39 is 0 Å². The van der Waals surface area contributed by atoms with Gasteiger partial charge in [-0.3, -0.25) is 4.79 Å². The lowest BCUT2D eigenvalue weighted by Crippen LogP contribution is -2.02. The fourth-order valence-electron chi connectivity index (χ4n) is 1.20. The number of carbonyl (C=O) groups excluding carboxylic acids is 1. The first-order valence-corrected chi connectivity index (χ1v) is 4.54. The standard InChI is InChI=1S/C9H9Cl2NO/c1-4-7(6(3)13)9(11)12-5(2)8(4)10/h1-3H3. The van der Waals surface area contributed by atoms with E-state index in [0.29, 0.717) is 21.8 Å². The zero-order valence-corrected chi connectivity index (χ0v) is 9.12. The van der Waals surface area contributed by atoms with Crippen LogP contribution in [0, 0.1) is 13.8 Å². The Morgan fingerprint density at radius 3 is 2.31 bits per heavy atom. The molecule has 0 fully saturated rings. The van der Waals surface area contributed by atoms with Crippen LogP contribution in [-0.2, 0) is 0 Å². The number of aryl methyl sites for hydroxylation is 1. The Balaban J connectivity index is 3.53. The van der Waals surface area contributed by atoms with Crippen LogP contribution in [0.1, 0.15) is 28.5 Å². The molecule has 1 aromatic heterocycles. The second kappa shape index (κ2) is 3.64. The zero-order valence-electron chi connectivity index (χ0n) is 7.61. The van der Waals surface area contributed by atoms with Gasteiger partial charge in [0.25, 0.3) is 0 Å². The summed E-state index contributed by atoms with van der Waals surface area (Å²) in [5, 5.41) is 0.738. The van der Waals surface area contributed by atoms with Crippen molar-refractivity contribution >= 4 is 29.0 Å². The maximum Gasteiger partial charge on any atom is 0.163 e. The molecule has 4 heteroatoms. The molecule has 0 aliphatic rings. The molecule has 0 bridgehead atoms. The molecule has 0 aliphatic heterocycles. The number of aromatic nitrogens is 1. The largest absolute Gasteiger partial charge is 0.294 e. The molecule has 2 nitrogen and oxygen atoms in total. The van der Waals surface area contributed by atoms with Crippen molar-refractivity contribution in [2.75, 3.05) is 0 Å². The zero-order chi connectivity index (χ0) is 10.2. The van der Waals surface area contributed by atoms with Crippen molar-refractivity contribution in [3.05, 3.63) is 27.0 Å². The molecule has 0 saturated heterocycles. The van der Waals surface area contributed by atoms with E-state index in [2.05, 4.69) is 4.98 Å². The Labute approximate surface area is 86.9 Å². The first-order chi connectivity index (χ1) is 5.95. The summed E-state index contributed by atoms with van der Waals surface area (Å²) in [6, 6.07) is 0. The van der Waals surface area contributed by atoms with Crippen molar-refractivity contribution in [1.29, 1.82) is 0 Å². The maximum absolute atomic E-state index is 11.2. The number of rotatable bonds is 1. The van der Waals surface area contributed by atoms with Gasteiger partial charge in [0.2, 0.25) is 0 Å². The predicted molar refractivity (Wildman–Crippen MR) is 53.7 cm³/mol. The Hall–Kier alpha value is -0.600. The molecule has 1 rings (SSSR count). The van der Waals surface area contributed by atoms with Gasteiger partial charge in [-0.25, -0.2) is 4.98 Å². The van der Waals surface area contributed by atoms with Gasteiger partial charge in [0, 0.05) is 0 Å². The van der Waals surface area contributed by atoms with Crippen LogP contribution in [0.2, 0.25) is 10.2 Å². The van der Waals surface area contributed by atoms with E-state index in [1.165, 1.54) is 6.92 Å². The second-order valence-electron chi connectivity index (χ2n) is 2.86. The molecule has 0 aliphatic carbocycles. The van der Waals surface area contributed by atoms with Gasteiger partial charge >= 0.3 is 0 Å². The summed E-state index contributed by atoms with van der Waals surface area (Å²) in [4.78, 5) is 15.1. The first kappa shape index (κ1) is 10.5. The number of halogens is 2. The monoisotopic (exact) mass is 217 g/mol. The Bertz CT molecular complexity index is 374. The molecular formula is C9H9Cl2NO. The van der Waals surface area contributed by atoms with Crippen LogP contribution < -0.4 is 0 Å². The normalized spacial score (nSPS) is 10.2. The minimum absolute atomic E-state index is 0.114. The molecule has 0 saturated carbocycles. The van der Waals surface area contributed by atoms with Crippen molar-refractivity contribution in [2.24, 2.45) is 0 Å². The van der Waals surface area contributed by atoms with Crippen LogP contribution in [-0.4, -0.2) is 10.8 Å². The average molecular weight is 218 g/mol. The first-order valence-electron chi connectivity index (χ1n) is 3.78. The SMILES string of the molecule is CC(=O)c1c(Cl)nc(C)c(Cl)c1C. The topological polar surface area (TPSA) is 30.0 Å². The maximum atomic E-state index is 11.2. The molecule has 0 amide bonds. The van der Waals surface area contributed by atoms with Crippen molar-refractivity contribution in [3.8, 4) is 0 Å². The number of carbonyl (C=O) groups is 1. The fraction of sp³-hybridized carbons (Fsp3) is 0.333. The summed E-state index contributed by atoms with van der Waals surface area (Å²) in [6.45, 7) is 4.96. The number of hydrogen-bond acceptors (Lipinski definition) is 2. The quantitative estimate of drug-likeness (QED) is 0.535. The van der Waals surface area contributed by atoms with Gasteiger partial charge in [0.1, 0.15) is 5.15 Å². The summed E-state index contributed by atoms with van der Waals surface area (Å²) >= 11 is 11.7. The minimum Gasteiger partial charge on any atom is -0.294 e. The van der Waals surface area contributed by atoms with Gasteiger partial charge in [-0.05, 0) is 26.3 Å². The summed E-state index contributed by atoms with van der Waals surface area (Å²) < 4.78 is 0. The van der Waals surface area contributed by atoms with E-state index >= 15 is 0 Å². The number of nitrogens with zero attached hydrogens (tertiary/aromatic N) is 1. The third-order valence-corrected chi connectivity index (χ3v) is 2.68. The van der Waals surface area contributed by atoms with E-state index in [9.17, 15) is 4.79 Å². The fourth-order valence-corrected chi connectivity index (χ4v) is 1.74. The Morgan fingerprint density at radius 2 is 1.85 bits per heavy atom. The highest BCUT2D eigenvalue weighted by atomic mass is 35.5. The summed E-state index contributed by atoms with van der Waals surface area (Å²) in [7, 11) is 0. The molecule has 1 heterocycles. The lowest BCUT2D eigenvalue weighted by Gasteiger charge is -2.08. The molecule has 1 aromatic rings. The molecule has 13 heavy (non-hydrogen) atoms. The van der Waals surface area contributed by atoms with E-state index in [-0.39, 0.29) is 10.9 Å². The van der Waals surface area contributed by atoms with E-state index in [1.54, 1.807) is 13.8 Å². The summed E-state index contributed by atoms with van der Waals surface area (Å²) in [5.41, 5.74) is 1.76. The van der Waals surface area contributed by atoms with Crippen LogP contribution in [0.3, 0.4) is 0 Å². The van der Waals surface area contributed by atoms with Crippen molar-refractivity contribution < 1.29 is 4.79 Å². The smallest absolute Gasteiger partial charge is 0.163 e. The molecule has 0 atom stereocenters. The molecule has 0 spiro atoms. The van der Waals surface area contributed by atoms with E-state index in [4.69, 9.17) is 23.2 Å². The average Bonchev–Trinajstić information content (AvgIpc) is 1.99. The van der Waals surface area contributed by atoms with Crippen molar-refractivity contribution in [2.45, 2.75) is 20.8 Å². The molecule has 0 N–H and O–H groups in total. The highest BCUT2D eigenvalue weighted by Crippen LogP contribution is 2.27. The van der Waals surface area contributed by atoms with Gasteiger partial charge in [-0.15, -0.1) is 0 Å². The molecule has 0 unspecified atom stereocenters. The van der Waals surface area contributed by atoms with Crippen LogP contribution in [0.15, 0.2) is 0 Å². The molecule has 0 radical (unpaired) electrons. The van der Waals surface area contributed by atoms with E-state index in [1.807, 2.05) is 0 Å². The van der Waals surface area contributed by atoms with Gasteiger partial charge in [0.15, 0.2) is 5.78 Å². The number of Topliss-reactive ketones (excluding diaryl/α,β-unsaturated/α-hetero) is 1. The predicted octanol–water partition coefficient (Wildman–Crippen LogP) is 3.21.